The molecule has 9 heteroatoms. The summed E-state index contributed by atoms with van der Waals surface area (Å²) in [6.07, 6.45) is 0. The van der Waals surface area contributed by atoms with E-state index in [1.54, 1.807) is 11.4 Å². The van der Waals surface area contributed by atoms with Crippen LogP contribution in [0.3, 0.4) is 0 Å². The van der Waals surface area contributed by atoms with Crippen LogP contribution in [0.1, 0.15) is 0 Å². The van der Waals surface area contributed by atoms with Crippen molar-refractivity contribution in [3.63, 3.8) is 0 Å². The van der Waals surface area contributed by atoms with E-state index in [-0.39, 0.29) is 21.3 Å². The number of hydrogen-bond donors (Lipinski definition) is 0. The maximum absolute atomic E-state index is 12.5. The van der Waals surface area contributed by atoms with Gasteiger partial charge in [0.05, 0.1) is 12.0 Å². The van der Waals surface area contributed by atoms with Crippen molar-refractivity contribution < 1.29 is 18.1 Å². The Morgan fingerprint density at radius 2 is 2.05 bits per heavy atom. The molecule has 0 aliphatic carbocycles. The van der Waals surface area contributed by atoms with Gasteiger partial charge in [0.25, 0.3) is 15.7 Å². The lowest BCUT2D eigenvalue weighted by Crippen LogP contribution is -2.26. The number of benzene rings is 1. The summed E-state index contributed by atoms with van der Waals surface area (Å²) in [5.41, 5.74) is -0.0980. The van der Waals surface area contributed by atoms with E-state index in [0.29, 0.717) is 0 Å². The van der Waals surface area contributed by atoms with Gasteiger partial charge in [-0.1, -0.05) is 6.07 Å². The van der Waals surface area contributed by atoms with Gasteiger partial charge in [0, 0.05) is 19.2 Å². The number of rotatable bonds is 5. The number of sulfonamides is 1. The zero-order valence-corrected chi connectivity index (χ0v) is 12.8. The van der Waals surface area contributed by atoms with E-state index < -0.39 is 14.9 Å². The van der Waals surface area contributed by atoms with Crippen molar-refractivity contribution in [2.24, 2.45) is 0 Å². The molecule has 0 spiro atoms. The lowest BCUT2D eigenvalue weighted by molar-refractivity contribution is -0.384. The van der Waals surface area contributed by atoms with Gasteiger partial charge < -0.3 is 4.74 Å². The molecule has 0 aliphatic rings. The zero-order valence-electron chi connectivity index (χ0n) is 11.2. The minimum absolute atomic E-state index is 0.111. The Morgan fingerprint density at radius 3 is 2.57 bits per heavy atom. The lowest BCUT2D eigenvalue weighted by atomic mass is 10.2. The number of nitro benzene ring substituents is 1. The minimum atomic E-state index is -3.77. The highest BCUT2D eigenvalue weighted by molar-refractivity contribution is 7.94. The summed E-state index contributed by atoms with van der Waals surface area (Å²) in [5.74, 6) is 0.239. The molecule has 0 amide bonds. The number of thiophene rings is 1. The van der Waals surface area contributed by atoms with Crippen molar-refractivity contribution in [3.05, 3.63) is 45.8 Å². The summed E-state index contributed by atoms with van der Waals surface area (Å²) in [4.78, 5) is 10.3. The van der Waals surface area contributed by atoms with Crippen LogP contribution in [-0.2, 0) is 10.0 Å². The number of methoxy groups -OCH3 is 1. The molecule has 0 radical (unpaired) electrons. The van der Waals surface area contributed by atoms with E-state index in [1.165, 1.54) is 38.4 Å². The zero-order chi connectivity index (χ0) is 15.6. The number of nitrogens with zero attached hydrogens (tertiary/aromatic N) is 2. The Labute approximate surface area is 125 Å². The normalized spacial score (nSPS) is 11.1. The van der Waals surface area contributed by atoms with Crippen molar-refractivity contribution in [1.82, 2.24) is 0 Å². The van der Waals surface area contributed by atoms with Gasteiger partial charge in [-0.15, -0.1) is 11.3 Å². The Hall–Kier alpha value is -2.13. The first-order chi connectivity index (χ1) is 9.87. The maximum atomic E-state index is 12.5. The van der Waals surface area contributed by atoms with Crippen LogP contribution >= 0.6 is 11.3 Å². The van der Waals surface area contributed by atoms with E-state index >= 15 is 0 Å². The third-order valence-electron chi connectivity index (χ3n) is 2.82. The maximum Gasteiger partial charge on any atom is 0.273 e. The molecule has 0 aliphatic heterocycles. The van der Waals surface area contributed by atoms with E-state index in [2.05, 4.69) is 0 Å². The molecule has 0 atom stereocenters. The van der Waals surface area contributed by atoms with Gasteiger partial charge in [-0.3, -0.25) is 14.4 Å². The van der Waals surface area contributed by atoms with Crippen LogP contribution in [0.25, 0.3) is 0 Å². The molecule has 0 fully saturated rings. The highest BCUT2D eigenvalue weighted by atomic mass is 32.2. The van der Waals surface area contributed by atoms with Gasteiger partial charge in [-0.25, -0.2) is 8.42 Å². The van der Waals surface area contributed by atoms with E-state index in [9.17, 15) is 18.5 Å². The fourth-order valence-electron chi connectivity index (χ4n) is 1.71. The first-order valence-electron chi connectivity index (χ1n) is 5.73. The van der Waals surface area contributed by atoms with Crippen molar-refractivity contribution in [2.75, 3.05) is 18.5 Å². The van der Waals surface area contributed by atoms with Gasteiger partial charge in [-0.05, 0) is 17.5 Å². The van der Waals surface area contributed by atoms with Gasteiger partial charge in [0.15, 0.2) is 0 Å². The topological polar surface area (TPSA) is 89.8 Å². The van der Waals surface area contributed by atoms with Crippen LogP contribution in [-0.4, -0.2) is 27.5 Å². The van der Waals surface area contributed by atoms with E-state index in [4.69, 9.17) is 4.74 Å². The van der Waals surface area contributed by atoms with Crippen molar-refractivity contribution in [1.29, 1.82) is 0 Å². The van der Waals surface area contributed by atoms with Crippen LogP contribution in [0.5, 0.6) is 5.75 Å². The predicted octanol–water partition coefficient (Wildman–Crippen LogP) is 2.49. The largest absolute Gasteiger partial charge is 0.495 e. The molecule has 2 aromatic rings. The predicted molar refractivity (Wildman–Crippen MR) is 79.6 cm³/mol. The summed E-state index contributed by atoms with van der Waals surface area (Å²) in [7, 11) is -1.07. The molecule has 1 aromatic heterocycles. The van der Waals surface area contributed by atoms with E-state index in [0.717, 1.165) is 15.6 Å². The molecule has 0 saturated carbocycles. The molecule has 0 unspecified atom stereocenters. The van der Waals surface area contributed by atoms with Crippen molar-refractivity contribution in [3.8, 4) is 5.75 Å². The Kier molecular flexibility index (Phi) is 4.14. The van der Waals surface area contributed by atoms with Gasteiger partial charge in [0.2, 0.25) is 0 Å². The van der Waals surface area contributed by atoms with Crippen LogP contribution in [0.2, 0.25) is 0 Å². The van der Waals surface area contributed by atoms with Crippen LogP contribution in [0.4, 0.5) is 11.4 Å². The highest BCUT2D eigenvalue weighted by Crippen LogP contribution is 2.35. The molecular formula is C12H12N2O5S2. The Bertz CT molecular complexity index is 756. The fourth-order valence-corrected chi connectivity index (χ4v) is 4.07. The van der Waals surface area contributed by atoms with Crippen molar-refractivity contribution >= 4 is 32.7 Å². The summed E-state index contributed by atoms with van der Waals surface area (Å²) in [6.45, 7) is 0. The van der Waals surface area contributed by atoms with Gasteiger partial charge >= 0.3 is 0 Å². The number of ether oxygens (including phenoxy) is 1. The number of anilines is 1. The molecule has 1 aromatic carbocycles. The third kappa shape index (κ3) is 2.83. The quantitative estimate of drug-likeness (QED) is 0.621. The third-order valence-corrected chi connectivity index (χ3v) is 5.97. The molecule has 2 rings (SSSR count). The smallest absolute Gasteiger partial charge is 0.273 e. The monoisotopic (exact) mass is 328 g/mol. The SMILES string of the molecule is COc1ccc([N+](=O)[O-])cc1N(C)S(=O)(=O)c1cccs1. The standard InChI is InChI=1S/C12H12N2O5S2/c1-13(21(17,18)12-4-3-7-20-12)10-8-9(14(15)16)5-6-11(10)19-2/h3-8H,1-2H3. The fraction of sp³-hybridized carbons (Fsp3) is 0.167. The average molecular weight is 328 g/mol. The van der Waals surface area contributed by atoms with E-state index in [1.807, 2.05) is 0 Å². The second kappa shape index (κ2) is 5.70. The minimum Gasteiger partial charge on any atom is -0.495 e. The van der Waals surface area contributed by atoms with Crippen LogP contribution in [0, 0.1) is 10.1 Å². The van der Waals surface area contributed by atoms with Crippen LogP contribution in [0.15, 0.2) is 39.9 Å². The first kappa shape index (κ1) is 15.3. The van der Waals surface area contributed by atoms with Gasteiger partial charge in [0.1, 0.15) is 15.6 Å². The van der Waals surface area contributed by atoms with Crippen LogP contribution < -0.4 is 9.04 Å². The Morgan fingerprint density at radius 1 is 1.33 bits per heavy atom. The second-order valence-electron chi connectivity index (χ2n) is 4.02. The molecule has 0 N–H and O–H groups in total. The summed E-state index contributed by atoms with van der Waals surface area (Å²) < 4.78 is 31.1. The lowest BCUT2D eigenvalue weighted by Gasteiger charge is -2.20. The summed E-state index contributed by atoms with van der Waals surface area (Å²) >= 11 is 1.07. The van der Waals surface area contributed by atoms with Gasteiger partial charge in [-0.2, -0.15) is 0 Å². The average Bonchev–Trinajstić information content (AvgIpc) is 3.00. The molecule has 7 nitrogen and oxygen atoms in total. The highest BCUT2D eigenvalue weighted by Gasteiger charge is 2.26. The number of non-ortho nitro benzene ring substituents is 1. The molecule has 0 bridgehead atoms. The summed E-state index contributed by atoms with van der Waals surface area (Å²) in [5, 5.41) is 12.5. The number of hydrogen-bond acceptors (Lipinski definition) is 6. The number of nitro groups is 1. The Balaban J connectivity index is 2.54. The molecular weight excluding hydrogens is 316 g/mol. The molecule has 21 heavy (non-hydrogen) atoms. The van der Waals surface area contributed by atoms with Crippen molar-refractivity contribution in [2.45, 2.75) is 4.21 Å². The second-order valence-corrected chi connectivity index (χ2v) is 7.16. The molecule has 1 heterocycles. The first-order valence-corrected chi connectivity index (χ1v) is 8.04. The molecule has 112 valence electrons. The molecule has 0 saturated heterocycles. The summed E-state index contributed by atoms with van der Waals surface area (Å²) in [6, 6.07) is 6.89.